The third kappa shape index (κ3) is 5.05. The van der Waals surface area contributed by atoms with Crippen LogP contribution >= 0.6 is 0 Å². The van der Waals surface area contributed by atoms with Gasteiger partial charge in [-0.25, -0.2) is 0 Å². The van der Waals surface area contributed by atoms with Gasteiger partial charge in [0.25, 0.3) is 0 Å². The number of hydrogen-bond acceptors (Lipinski definition) is 1. The van der Waals surface area contributed by atoms with Crippen LogP contribution in [0.5, 0.6) is 0 Å². The fourth-order valence-corrected chi connectivity index (χ4v) is 8.50. The molecule has 22 heavy (non-hydrogen) atoms. The van der Waals surface area contributed by atoms with Crippen molar-refractivity contribution in [3.63, 3.8) is 0 Å². The van der Waals surface area contributed by atoms with Gasteiger partial charge in [0.2, 0.25) is 0 Å². The predicted octanol–water partition coefficient (Wildman–Crippen LogP) is 5.17. The van der Waals surface area contributed by atoms with Gasteiger partial charge in [-0.1, -0.05) is 67.4 Å². The van der Waals surface area contributed by atoms with Crippen LogP contribution in [-0.2, 0) is 0 Å². The maximum absolute atomic E-state index is 10.2. The van der Waals surface area contributed by atoms with Crippen molar-refractivity contribution in [2.75, 3.05) is 0 Å². The quantitative estimate of drug-likeness (QED) is 0.407. The molecule has 0 saturated heterocycles. The Kier molecular flexibility index (Phi) is 8.24. The highest BCUT2D eigenvalue weighted by Crippen LogP contribution is 2.40. The summed E-state index contributed by atoms with van der Waals surface area (Å²) < 4.78 is 0. The first kappa shape index (κ1) is 21.0. The molecular formula is C20H34OSi. The average Bonchev–Trinajstić information content (AvgIpc) is 2.36. The van der Waals surface area contributed by atoms with Gasteiger partial charge in [0.05, 0.1) is 0 Å². The van der Waals surface area contributed by atoms with Gasteiger partial charge in [0, 0.05) is 5.41 Å². The summed E-state index contributed by atoms with van der Waals surface area (Å²) >= 11 is 0. The molecule has 124 valence electrons. The van der Waals surface area contributed by atoms with Gasteiger partial charge in [-0.3, -0.25) is 0 Å². The van der Waals surface area contributed by atoms with E-state index in [4.69, 9.17) is 0 Å². The molecule has 2 heteroatoms. The van der Waals surface area contributed by atoms with E-state index in [-0.39, 0.29) is 5.41 Å². The normalized spacial score (nSPS) is 13.5. The minimum Gasteiger partial charge on any atom is -0.380 e. The number of hydrogen-bond donors (Lipinski definition) is 1. The summed E-state index contributed by atoms with van der Waals surface area (Å²) in [5.41, 5.74) is 5.08. The lowest BCUT2D eigenvalue weighted by Gasteiger charge is -2.37. The molecular weight excluding hydrogens is 284 g/mol. The van der Waals surface area contributed by atoms with E-state index in [0.29, 0.717) is 16.6 Å². The molecule has 0 fully saturated rings. The molecule has 0 spiro atoms. The predicted molar refractivity (Wildman–Crippen MR) is 101 cm³/mol. The number of allylic oxidation sites excluding steroid dienone is 1. The summed E-state index contributed by atoms with van der Waals surface area (Å²) in [7, 11) is -1.72. The second kappa shape index (κ2) is 8.61. The van der Waals surface area contributed by atoms with E-state index in [0.717, 1.165) is 6.42 Å². The standard InChI is InChI=1S/C20H34OSi/c1-10-14-20(8,9)19(21)13-11-12-15-22(16(2)3,17(4)5)18(6)7/h10,16-19,21H,1,14H2,2-9H3/t19-/m0/s1. The monoisotopic (exact) mass is 318 g/mol. The van der Waals surface area contributed by atoms with Gasteiger partial charge in [-0.05, 0) is 34.9 Å². The van der Waals surface area contributed by atoms with Crippen LogP contribution in [0, 0.1) is 28.7 Å². The lowest BCUT2D eigenvalue weighted by atomic mass is 9.83. The molecule has 0 rings (SSSR count). The molecule has 0 bridgehead atoms. The summed E-state index contributed by atoms with van der Waals surface area (Å²) in [6.45, 7) is 21.5. The van der Waals surface area contributed by atoms with E-state index in [1.165, 1.54) is 0 Å². The van der Waals surface area contributed by atoms with E-state index >= 15 is 0 Å². The van der Waals surface area contributed by atoms with Crippen molar-refractivity contribution in [1.29, 1.82) is 0 Å². The van der Waals surface area contributed by atoms with Gasteiger partial charge in [0.15, 0.2) is 0 Å². The van der Waals surface area contributed by atoms with Crippen molar-refractivity contribution in [1.82, 2.24) is 0 Å². The van der Waals surface area contributed by atoms with Crippen LogP contribution < -0.4 is 0 Å². The Morgan fingerprint density at radius 3 is 1.82 bits per heavy atom. The van der Waals surface area contributed by atoms with E-state index in [1.54, 1.807) is 0 Å². The highest BCUT2D eigenvalue weighted by atomic mass is 28.3. The Morgan fingerprint density at radius 1 is 1.00 bits per heavy atom. The first-order valence-electron chi connectivity index (χ1n) is 8.34. The molecule has 1 nitrogen and oxygen atoms in total. The number of rotatable bonds is 6. The summed E-state index contributed by atoms with van der Waals surface area (Å²) in [4.78, 5) is 0. The van der Waals surface area contributed by atoms with Crippen LogP contribution in [0.25, 0.3) is 0 Å². The van der Waals surface area contributed by atoms with Crippen molar-refractivity contribution in [2.24, 2.45) is 5.41 Å². The number of aliphatic hydroxyl groups excluding tert-OH is 1. The highest BCUT2D eigenvalue weighted by molar-refractivity contribution is 6.90. The molecule has 0 aromatic rings. The fraction of sp³-hybridized carbons (Fsp3) is 0.700. The van der Waals surface area contributed by atoms with Crippen LogP contribution in [0.1, 0.15) is 61.8 Å². The van der Waals surface area contributed by atoms with Crippen LogP contribution in [0.3, 0.4) is 0 Å². The van der Waals surface area contributed by atoms with E-state index < -0.39 is 14.2 Å². The second-order valence-corrected chi connectivity index (χ2v) is 13.4. The first-order chi connectivity index (χ1) is 10.0. The lowest BCUT2D eigenvalue weighted by molar-refractivity contribution is 0.101. The van der Waals surface area contributed by atoms with E-state index in [2.05, 4.69) is 71.4 Å². The maximum atomic E-state index is 10.2. The van der Waals surface area contributed by atoms with Crippen molar-refractivity contribution >= 4 is 8.07 Å². The smallest absolute Gasteiger partial charge is 0.147 e. The van der Waals surface area contributed by atoms with Crippen molar-refractivity contribution in [3.05, 3.63) is 12.7 Å². The molecule has 0 aromatic carbocycles. The van der Waals surface area contributed by atoms with Gasteiger partial charge < -0.3 is 5.11 Å². The van der Waals surface area contributed by atoms with Gasteiger partial charge >= 0.3 is 0 Å². The van der Waals surface area contributed by atoms with E-state index in [1.807, 2.05) is 19.9 Å². The minimum absolute atomic E-state index is 0.279. The van der Waals surface area contributed by atoms with Gasteiger partial charge in [-0.2, -0.15) is 0 Å². The highest BCUT2D eigenvalue weighted by Gasteiger charge is 2.41. The molecule has 0 heterocycles. The number of aliphatic hydroxyl groups is 1. The summed E-state index contributed by atoms with van der Waals surface area (Å²) in [5.74, 6) is 8.89. The molecule has 0 aromatic heterocycles. The Labute approximate surface area is 139 Å². The van der Waals surface area contributed by atoms with Crippen LogP contribution in [0.15, 0.2) is 12.7 Å². The summed E-state index contributed by atoms with van der Waals surface area (Å²) in [6.07, 6.45) is 1.89. The Morgan fingerprint density at radius 2 is 1.45 bits per heavy atom. The summed E-state index contributed by atoms with van der Waals surface area (Å²) in [6, 6.07) is 0. The van der Waals surface area contributed by atoms with Gasteiger partial charge in [-0.15, -0.1) is 12.1 Å². The fourth-order valence-electron chi connectivity index (χ4n) is 3.36. The SMILES string of the molecule is C=CCC(C)(C)[C@@H](O)C#CC#C[Si](C(C)C)(C(C)C)C(C)C. The topological polar surface area (TPSA) is 20.2 Å². The molecule has 1 N–H and O–H groups in total. The van der Waals surface area contributed by atoms with Crippen molar-refractivity contribution < 1.29 is 5.11 Å². The molecule has 0 aliphatic rings. The van der Waals surface area contributed by atoms with Crippen molar-refractivity contribution in [3.8, 4) is 23.3 Å². The Balaban J connectivity index is 5.38. The Bertz CT molecular complexity index is 456. The molecule has 0 saturated carbocycles. The first-order valence-corrected chi connectivity index (χ1v) is 10.6. The van der Waals surface area contributed by atoms with Crippen LogP contribution in [-0.4, -0.2) is 19.3 Å². The maximum Gasteiger partial charge on any atom is 0.147 e. The van der Waals surface area contributed by atoms with Gasteiger partial charge in [0.1, 0.15) is 14.2 Å². The Hall–Kier alpha value is -0.963. The molecule has 1 atom stereocenters. The average molecular weight is 319 g/mol. The third-order valence-electron chi connectivity index (χ3n) is 4.83. The molecule has 0 radical (unpaired) electrons. The van der Waals surface area contributed by atoms with E-state index in [9.17, 15) is 5.11 Å². The van der Waals surface area contributed by atoms with Crippen LogP contribution in [0.4, 0.5) is 0 Å². The zero-order valence-corrected chi connectivity index (χ0v) is 16.7. The third-order valence-corrected chi connectivity index (χ3v) is 11.1. The minimum atomic E-state index is -1.72. The molecule has 0 aliphatic carbocycles. The molecule has 0 aliphatic heterocycles. The molecule has 0 amide bonds. The molecule has 0 unspecified atom stereocenters. The largest absolute Gasteiger partial charge is 0.380 e. The zero-order valence-electron chi connectivity index (χ0n) is 15.7. The zero-order chi connectivity index (χ0) is 17.6. The second-order valence-electron chi connectivity index (χ2n) is 7.80. The van der Waals surface area contributed by atoms with Crippen molar-refractivity contribution in [2.45, 2.75) is 84.5 Å². The summed E-state index contributed by atoms with van der Waals surface area (Å²) in [5, 5.41) is 10.2. The lowest BCUT2D eigenvalue weighted by Crippen LogP contribution is -2.43. The van der Waals surface area contributed by atoms with Crippen LogP contribution in [0.2, 0.25) is 16.6 Å².